The minimum atomic E-state index is -0.830. The molecule has 111 valence electrons. The zero-order valence-corrected chi connectivity index (χ0v) is 11.7. The monoisotopic (exact) mass is 291 g/mol. The number of aromatic amines is 2. The summed E-state index contributed by atoms with van der Waals surface area (Å²) >= 11 is 0. The van der Waals surface area contributed by atoms with Crippen LogP contribution in [0.4, 0.5) is 5.69 Å². The van der Waals surface area contributed by atoms with Gasteiger partial charge in [-0.05, 0) is 19.0 Å². The Morgan fingerprint density at radius 2 is 1.95 bits per heavy atom. The van der Waals surface area contributed by atoms with Gasteiger partial charge in [-0.25, -0.2) is 0 Å². The van der Waals surface area contributed by atoms with Crippen molar-refractivity contribution in [2.45, 2.75) is 20.4 Å². The van der Waals surface area contributed by atoms with Gasteiger partial charge in [0, 0.05) is 25.2 Å². The average molecular weight is 291 g/mol. The van der Waals surface area contributed by atoms with Crippen molar-refractivity contribution in [2.75, 3.05) is 6.54 Å². The number of nitro groups is 1. The standard InChI is InChI=1S/C13H15N4O4/c1-3-16(4-2)7-8-5-9(17(20)21)6-10-11(8)15-13(19)12(18)14-10/h3,5-6H,4,7H2,1-2H3,(H,14,18)(H,15,19). The summed E-state index contributed by atoms with van der Waals surface area (Å²) in [5.74, 6) is 0. The van der Waals surface area contributed by atoms with Crippen molar-refractivity contribution in [2.24, 2.45) is 0 Å². The van der Waals surface area contributed by atoms with Crippen LogP contribution in [0.3, 0.4) is 0 Å². The zero-order valence-electron chi connectivity index (χ0n) is 11.7. The van der Waals surface area contributed by atoms with E-state index in [0.717, 1.165) is 0 Å². The first-order valence-corrected chi connectivity index (χ1v) is 6.43. The molecule has 1 aromatic carbocycles. The Bertz CT molecular complexity index is 789. The van der Waals surface area contributed by atoms with Crippen LogP contribution < -0.4 is 11.1 Å². The van der Waals surface area contributed by atoms with Gasteiger partial charge in [-0.1, -0.05) is 6.92 Å². The first kappa shape index (κ1) is 14.9. The molecular weight excluding hydrogens is 276 g/mol. The smallest absolute Gasteiger partial charge is 0.314 e. The van der Waals surface area contributed by atoms with Crippen molar-refractivity contribution < 1.29 is 4.92 Å². The highest BCUT2D eigenvalue weighted by molar-refractivity contribution is 5.80. The second-order valence-corrected chi connectivity index (χ2v) is 4.51. The van der Waals surface area contributed by atoms with Gasteiger partial charge in [0.2, 0.25) is 0 Å². The number of nitrogens with zero attached hydrogens (tertiary/aromatic N) is 2. The number of non-ortho nitro benzene ring substituents is 1. The first-order chi connectivity index (χ1) is 9.96. The fourth-order valence-corrected chi connectivity index (χ4v) is 2.12. The van der Waals surface area contributed by atoms with E-state index in [4.69, 9.17) is 0 Å². The number of fused-ring (bicyclic) bond motifs is 1. The molecule has 8 nitrogen and oxygen atoms in total. The van der Waals surface area contributed by atoms with Crippen molar-refractivity contribution >= 4 is 16.7 Å². The summed E-state index contributed by atoms with van der Waals surface area (Å²) in [7, 11) is 0. The maximum absolute atomic E-state index is 11.5. The number of rotatable bonds is 5. The number of nitro benzene ring substituents is 1. The van der Waals surface area contributed by atoms with Crippen LogP contribution in [0.5, 0.6) is 0 Å². The SMILES string of the molecule is C[CH]N(CC)Cc1cc([N+](=O)[O-])cc2[nH]c(=O)c(=O)[nH]c12. The van der Waals surface area contributed by atoms with Gasteiger partial charge in [0.05, 0.1) is 16.0 Å². The lowest BCUT2D eigenvalue weighted by Gasteiger charge is -2.18. The molecular formula is C13H15N4O4. The van der Waals surface area contributed by atoms with Crippen molar-refractivity contribution in [3.63, 3.8) is 0 Å². The molecule has 0 atom stereocenters. The fourth-order valence-electron chi connectivity index (χ4n) is 2.12. The van der Waals surface area contributed by atoms with Gasteiger partial charge in [0.15, 0.2) is 0 Å². The van der Waals surface area contributed by atoms with E-state index in [1.807, 2.05) is 25.3 Å². The Labute approximate surface area is 119 Å². The van der Waals surface area contributed by atoms with Gasteiger partial charge < -0.3 is 9.97 Å². The molecule has 8 heteroatoms. The van der Waals surface area contributed by atoms with Crippen LogP contribution in [0.25, 0.3) is 11.0 Å². The molecule has 0 bridgehead atoms. The molecule has 2 N–H and O–H groups in total. The molecule has 0 unspecified atom stereocenters. The maximum Gasteiger partial charge on any atom is 0.314 e. The third-order valence-corrected chi connectivity index (χ3v) is 3.25. The Kier molecular flexibility index (Phi) is 4.18. The number of benzene rings is 1. The van der Waals surface area contributed by atoms with E-state index in [1.165, 1.54) is 12.1 Å². The van der Waals surface area contributed by atoms with Gasteiger partial charge in [0.1, 0.15) is 0 Å². The molecule has 21 heavy (non-hydrogen) atoms. The lowest BCUT2D eigenvalue weighted by Crippen LogP contribution is -2.29. The van der Waals surface area contributed by atoms with Crippen molar-refractivity contribution in [1.29, 1.82) is 0 Å². The number of aromatic nitrogens is 2. The molecule has 0 amide bonds. The predicted molar refractivity (Wildman–Crippen MR) is 77.9 cm³/mol. The van der Waals surface area contributed by atoms with E-state index in [0.29, 0.717) is 24.2 Å². The van der Waals surface area contributed by atoms with Gasteiger partial charge in [-0.2, -0.15) is 0 Å². The van der Waals surface area contributed by atoms with E-state index in [-0.39, 0.29) is 11.2 Å². The van der Waals surface area contributed by atoms with Crippen LogP contribution in [-0.2, 0) is 6.54 Å². The zero-order chi connectivity index (χ0) is 15.6. The summed E-state index contributed by atoms with van der Waals surface area (Å²) in [5.41, 5.74) is -0.509. The summed E-state index contributed by atoms with van der Waals surface area (Å²) in [5, 5.41) is 11.0. The summed E-state index contributed by atoms with van der Waals surface area (Å²) in [4.78, 5) is 40.1. The normalized spacial score (nSPS) is 11.2. The molecule has 0 aliphatic rings. The van der Waals surface area contributed by atoms with Crippen LogP contribution in [0.2, 0.25) is 0 Å². The Hall–Kier alpha value is -2.48. The summed E-state index contributed by atoms with van der Waals surface area (Å²) in [6.45, 7) is 6.77. The Balaban J connectivity index is 2.70. The van der Waals surface area contributed by atoms with E-state index in [9.17, 15) is 19.7 Å². The summed E-state index contributed by atoms with van der Waals surface area (Å²) < 4.78 is 0. The predicted octanol–water partition coefficient (Wildman–Crippen LogP) is 1.13. The van der Waals surface area contributed by atoms with Crippen LogP contribution in [0, 0.1) is 16.7 Å². The van der Waals surface area contributed by atoms with Gasteiger partial charge in [0.25, 0.3) is 5.69 Å². The summed E-state index contributed by atoms with van der Waals surface area (Å²) in [6, 6.07) is 2.64. The molecule has 0 saturated heterocycles. The fraction of sp³-hybridized carbons (Fsp3) is 0.308. The average Bonchev–Trinajstić information content (AvgIpc) is 2.45. The molecule has 1 aromatic heterocycles. The minimum absolute atomic E-state index is 0.132. The van der Waals surface area contributed by atoms with Gasteiger partial charge in [-0.15, -0.1) is 0 Å². The van der Waals surface area contributed by atoms with Gasteiger partial charge in [-0.3, -0.25) is 24.6 Å². The van der Waals surface area contributed by atoms with Crippen LogP contribution in [-0.4, -0.2) is 26.3 Å². The maximum atomic E-state index is 11.5. The molecule has 0 aliphatic carbocycles. The first-order valence-electron chi connectivity index (χ1n) is 6.43. The number of H-pyrrole nitrogens is 2. The third-order valence-electron chi connectivity index (χ3n) is 3.25. The van der Waals surface area contributed by atoms with E-state index >= 15 is 0 Å². The highest BCUT2D eigenvalue weighted by Gasteiger charge is 2.15. The molecule has 1 radical (unpaired) electrons. The molecule has 2 rings (SSSR count). The van der Waals surface area contributed by atoms with E-state index in [2.05, 4.69) is 9.97 Å². The second kappa shape index (κ2) is 5.88. The van der Waals surface area contributed by atoms with Crippen LogP contribution in [0.15, 0.2) is 21.7 Å². The van der Waals surface area contributed by atoms with E-state index in [1.54, 1.807) is 0 Å². The van der Waals surface area contributed by atoms with E-state index < -0.39 is 16.0 Å². The van der Waals surface area contributed by atoms with Crippen molar-refractivity contribution in [3.05, 3.63) is 55.1 Å². The van der Waals surface area contributed by atoms with Crippen LogP contribution in [0.1, 0.15) is 19.4 Å². The quantitative estimate of drug-likeness (QED) is 0.487. The molecule has 0 fully saturated rings. The summed E-state index contributed by atoms with van der Waals surface area (Å²) in [6.07, 6.45) is 0. The second-order valence-electron chi connectivity index (χ2n) is 4.51. The Morgan fingerprint density at radius 1 is 1.29 bits per heavy atom. The Morgan fingerprint density at radius 3 is 2.52 bits per heavy atom. The van der Waals surface area contributed by atoms with Gasteiger partial charge >= 0.3 is 11.1 Å². The lowest BCUT2D eigenvalue weighted by molar-refractivity contribution is -0.384. The molecule has 0 spiro atoms. The minimum Gasteiger partial charge on any atom is -0.316 e. The topological polar surface area (TPSA) is 112 Å². The van der Waals surface area contributed by atoms with Crippen LogP contribution >= 0.6 is 0 Å². The molecule has 0 saturated carbocycles. The molecule has 0 aliphatic heterocycles. The van der Waals surface area contributed by atoms with Crippen molar-refractivity contribution in [3.8, 4) is 0 Å². The lowest BCUT2D eigenvalue weighted by atomic mass is 10.1. The molecule has 2 aromatic rings. The number of hydrogen-bond acceptors (Lipinski definition) is 5. The number of hydrogen-bond donors (Lipinski definition) is 2. The highest BCUT2D eigenvalue weighted by Crippen LogP contribution is 2.22. The highest BCUT2D eigenvalue weighted by atomic mass is 16.6. The largest absolute Gasteiger partial charge is 0.316 e. The number of nitrogens with one attached hydrogen (secondary N) is 2. The van der Waals surface area contributed by atoms with Crippen molar-refractivity contribution in [1.82, 2.24) is 14.9 Å². The third kappa shape index (κ3) is 3.00. The molecule has 1 heterocycles.